The van der Waals surface area contributed by atoms with E-state index in [1.54, 1.807) is 0 Å². The lowest BCUT2D eigenvalue weighted by molar-refractivity contribution is 0.148. The van der Waals surface area contributed by atoms with Crippen LogP contribution >= 0.6 is 0 Å². The Balaban J connectivity index is 4.53. The fraction of sp³-hybridized carbons (Fsp3) is 1.00. The zero-order valence-corrected chi connectivity index (χ0v) is 12.4. The highest BCUT2D eigenvalue weighted by molar-refractivity contribution is 6.74. The summed E-state index contributed by atoms with van der Waals surface area (Å²) in [7, 11) is -1.71. The third-order valence-electron chi connectivity index (χ3n) is 4.03. The van der Waals surface area contributed by atoms with Crippen molar-refractivity contribution in [1.29, 1.82) is 0 Å². The van der Waals surface area contributed by atoms with E-state index in [-0.39, 0.29) is 17.7 Å². The topological polar surface area (TPSA) is 29.5 Å². The highest BCUT2D eigenvalue weighted by atomic mass is 28.4. The molecule has 0 aliphatic rings. The summed E-state index contributed by atoms with van der Waals surface area (Å²) in [6.45, 7) is 16.0. The first-order chi connectivity index (χ1) is 6.65. The molecule has 0 heterocycles. The summed E-state index contributed by atoms with van der Waals surface area (Å²) in [5.74, 6) is 0.625. The molecule has 0 fully saturated rings. The maximum atomic E-state index is 8.88. The number of aliphatic hydroxyl groups excluding tert-OH is 1. The van der Waals surface area contributed by atoms with E-state index in [2.05, 4.69) is 47.7 Å². The summed E-state index contributed by atoms with van der Waals surface area (Å²) in [5, 5.41) is 9.14. The molecule has 0 aromatic heterocycles. The molecular weight excluding hydrogens is 204 g/mol. The molecule has 0 amide bonds. The smallest absolute Gasteiger partial charge is 0.192 e. The van der Waals surface area contributed by atoms with Crippen LogP contribution in [0.25, 0.3) is 0 Å². The minimum absolute atomic E-state index is 0.176. The van der Waals surface area contributed by atoms with Crippen LogP contribution in [0.4, 0.5) is 0 Å². The van der Waals surface area contributed by atoms with Gasteiger partial charge in [0.05, 0.1) is 0 Å². The fourth-order valence-corrected chi connectivity index (χ4v) is 4.41. The van der Waals surface area contributed by atoms with Gasteiger partial charge in [-0.05, 0) is 37.4 Å². The van der Waals surface area contributed by atoms with Crippen LogP contribution in [0.1, 0.15) is 41.0 Å². The number of hydrogen-bond acceptors (Lipinski definition) is 2. The van der Waals surface area contributed by atoms with Gasteiger partial charge in [0.1, 0.15) is 0 Å². The van der Waals surface area contributed by atoms with Gasteiger partial charge in [-0.3, -0.25) is 0 Å². The number of hydrogen-bond donors (Lipinski definition) is 1. The van der Waals surface area contributed by atoms with E-state index in [1.165, 1.54) is 0 Å². The first kappa shape index (κ1) is 15.1. The van der Waals surface area contributed by atoms with E-state index >= 15 is 0 Å². The molecule has 0 bridgehead atoms. The summed E-state index contributed by atoms with van der Waals surface area (Å²) in [6, 6.07) is 0. The van der Waals surface area contributed by atoms with Crippen molar-refractivity contribution >= 4 is 8.32 Å². The van der Waals surface area contributed by atoms with E-state index in [4.69, 9.17) is 9.53 Å². The first-order valence-corrected chi connectivity index (χ1v) is 8.84. The van der Waals surface area contributed by atoms with Crippen LogP contribution < -0.4 is 0 Å². The maximum Gasteiger partial charge on any atom is 0.192 e. The molecule has 2 nitrogen and oxygen atoms in total. The zero-order valence-electron chi connectivity index (χ0n) is 11.4. The van der Waals surface area contributed by atoms with Crippen molar-refractivity contribution in [3.8, 4) is 0 Å². The molecule has 0 saturated heterocycles. The minimum Gasteiger partial charge on any atom is -0.414 e. The average molecular weight is 232 g/mol. The van der Waals surface area contributed by atoms with Gasteiger partial charge in [-0.2, -0.15) is 0 Å². The lowest BCUT2D eigenvalue weighted by Crippen LogP contribution is -2.47. The number of rotatable bonds is 6. The standard InChI is InChI=1S/C12H28O2Si/c1-10(2)12(4,5)15(6,7)14-11(3)8-9-13/h10-11,13H,8-9H2,1-7H3/t11-/m1/s1. The van der Waals surface area contributed by atoms with Crippen LogP contribution in [0.2, 0.25) is 18.1 Å². The van der Waals surface area contributed by atoms with Crippen molar-refractivity contribution in [2.75, 3.05) is 6.61 Å². The normalized spacial score (nSPS) is 15.8. The van der Waals surface area contributed by atoms with E-state index in [9.17, 15) is 0 Å². The molecule has 0 unspecified atom stereocenters. The Bertz CT molecular complexity index is 188. The molecule has 15 heavy (non-hydrogen) atoms. The van der Waals surface area contributed by atoms with Gasteiger partial charge in [-0.15, -0.1) is 0 Å². The summed E-state index contributed by atoms with van der Waals surface area (Å²) in [4.78, 5) is 0. The molecule has 0 spiro atoms. The molecule has 0 aliphatic heterocycles. The van der Waals surface area contributed by atoms with Gasteiger partial charge in [0.25, 0.3) is 0 Å². The van der Waals surface area contributed by atoms with Crippen molar-refractivity contribution in [2.45, 2.75) is 65.3 Å². The Labute approximate surface area is 96.2 Å². The molecule has 1 atom stereocenters. The van der Waals surface area contributed by atoms with Gasteiger partial charge in [0, 0.05) is 12.7 Å². The summed E-state index contributed by atoms with van der Waals surface area (Å²) < 4.78 is 6.18. The first-order valence-electron chi connectivity index (χ1n) is 5.94. The van der Waals surface area contributed by atoms with Crippen LogP contribution in [-0.4, -0.2) is 26.1 Å². The third-order valence-corrected chi connectivity index (χ3v) is 8.70. The quantitative estimate of drug-likeness (QED) is 0.711. The molecule has 0 aliphatic carbocycles. The van der Waals surface area contributed by atoms with Crippen molar-refractivity contribution in [1.82, 2.24) is 0 Å². The lowest BCUT2D eigenvalue weighted by Gasteiger charge is -2.44. The third kappa shape index (κ3) is 3.89. The molecule has 3 heteroatoms. The zero-order chi connectivity index (χ0) is 12.3. The van der Waals surface area contributed by atoms with Crippen LogP contribution in [0, 0.1) is 5.92 Å². The molecule has 1 N–H and O–H groups in total. The molecule has 0 saturated carbocycles. The molecule has 92 valence electrons. The highest BCUT2D eigenvalue weighted by Gasteiger charge is 2.43. The highest BCUT2D eigenvalue weighted by Crippen LogP contribution is 2.45. The Morgan fingerprint density at radius 2 is 1.67 bits per heavy atom. The lowest BCUT2D eigenvalue weighted by atomic mass is 9.99. The maximum absolute atomic E-state index is 8.88. The minimum atomic E-state index is -1.71. The Morgan fingerprint density at radius 3 is 2.00 bits per heavy atom. The van der Waals surface area contributed by atoms with Gasteiger partial charge >= 0.3 is 0 Å². The van der Waals surface area contributed by atoms with Crippen molar-refractivity contribution in [3.63, 3.8) is 0 Å². The Morgan fingerprint density at radius 1 is 1.20 bits per heavy atom. The van der Waals surface area contributed by atoms with Gasteiger partial charge in [-0.25, -0.2) is 0 Å². The largest absolute Gasteiger partial charge is 0.414 e. The van der Waals surface area contributed by atoms with Crippen LogP contribution in [0.15, 0.2) is 0 Å². The Kier molecular flexibility index (Phi) is 5.51. The average Bonchev–Trinajstić information content (AvgIpc) is 2.02. The molecule has 0 aromatic rings. The van der Waals surface area contributed by atoms with Gasteiger partial charge in [0.15, 0.2) is 8.32 Å². The Hall–Kier alpha value is 0.137. The van der Waals surface area contributed by atoms with E-state index < -0.39 is 8.32 Å². The van der Waals surface area contributed by atoms with E-state index in [0.29, 0.717) is 5.92 Å². The summed E-state index contributed by atoms with van der Waals surface area (Å²) in [6.07, 6.45) is 0.916. The SMILES string of the molecule is CC(C)C(C)(C)[Si](C)(C)O[C@H](C)CCO. The monoisotopic (exact) mass is 232 g/mol. The van der Waals surface area contributed by atoms with Crippen LogP contribution in [0.5, 0.6) is 0 Å². The molecule has 0 aromatic carbocycles. The molecule has 0 rings (SSSR count). The number of aliphatic hydroxyl groups is 1. The predicted octanol–water partition coefficient (Wildman–Crippen LogP) is 3.42. The second-order valence-electron chi connectivity index (χ2n) is 5.83. The van der Waals surface area contributed by atoms with Crippen LogP contribution in [-0.2, 0) is 4.43 Å². The fourth-order valence-electron chi connectivity index (χ4n) is 1.59. The molecule has 0 radical (unpaired) electrons. The van der Waals surface area contributed by atoms with Crippen LogP contribution in [0.3, 0.4) is 0 Å². The summed E-state index contributed by atoms with van der Waals surface area (Å²) >= 11 is 0. The van der Waals surface area contributed by atoms with Gasteiger partial charge < -0.3 is 9.53 Å². The van der Waals surface area contributed by atoms with Gasteiger partial charge in [0.2, 0.25) is 0 Å². The molecular formula is C12H28O2Si. The van der Waals surface area contributed by atoms with Gasteiger partial charge in [-0.1, -0.05) is 27.7 Å². The van der Waals surface area contributed by atoms with E-state index in [0.717, 1.165) is 6.42 Å². The van der Waals surface area contributed by atoms with Crippen molar-refractivity contribution < 1.29 is 9.53 Å². The van der Waals surface area contributed by atoms with Crippen molar-refractivity contribution in [2.24, 2.45) is 5.92 Å². The van der Waals surface area contributed by atoms with E-state index in [1.807, 2.05) is 0 Å². The summed E-state index contributed by atoms with van der Waals surface area (Å²) in [5.41, 5.74) is 0. The predicted molar refractivity (Wildman–Crippen MR) is 68.6 cm³/mol. The van der Waals surface area contributed by atoms with Crippen molar-refractivity contribution in [3.05, 3.63) is 0 Å². The second kappa shape index (κ2) is 5.46. The second-order valence-corrected chi connectivity index (χ2v) is 10.4.